The Morgan fingerprint density at radius 3 is 2.58 bits per heavy atom. The highest BCUT2D eigenvalue weighted by Crippen LogP contribution is 2.42. The topological polar surface area (TPSA) is 90.4 Å². The molecule has 1 fully saturated rings. The van der Waals surface area contributed by atoms with Crippen molar-refractivity contribution in [3.63, 3.8) is 0 Å². The molecule has 0 radical (unpaired) electrons. The summed E-state index contributed by atoms with van der Waals surface area (Å²) in [4.78, 5) is 2.58. The first-order chi connectivity index (χ1) is 14.8. The molecule has 0 saturated heterocycles. The van der Waals surface area contributed by atoms with Gasteiger partial charge in [-0.15, -0.1) is 22.7 Å². The van der Waals surface area contributed by atoms with Crippen LogP contribution in [0.5, 0.6) is 5.75 Å². The van der Waals surface area contributed by atoms with Gasteiger partial charge in [-0.2, -0.15) is 8.75 Å². The van der Waals surface area contributed by atoms with Gasteiger partial charge in [-0.25, -0.2) is 8.51 Å². The van der Waals surface area contributed by atoms with E-state index in [1.54, 1.807) is 16.7 Å². The van der Waals surface area contributed by atoms with E-state index in [9.17, 15) is 9.32 Å². The van der Waals surface area contributed by atoms with E-state index in [4.69, 9.17) is 0 Å². The summed E-state index contributed by atoms with van der Waals surface area (Å²) in [6.07, 6.45) is 2.11. The van der Waals surface area contributed by atoms with Crippen molar-refractivity contribution in [2.75, 3.05) is 17.7 Å². The molecule has 0 aromatic carbocycles. The van der Waals surface area contributed by atoms with Crippen LogP contribution >= 0.6 is 34.4 Å². The number of thiophene rings is 2. The number of aromatic hydroxyl groups is 1. The van der Waals surface area contributed by atoms with Crippen LogP contribution in [-0.2, 0) is 11.0 Å². The molecule has 4 rings (SSSR count). The maximum Gasteiger partial charge on any atom is 0.188 e. The first-order valence-electron chi connectivity index (χ1n) is 10.1. The van der Waals surface area contributed by atoms with E-state index in [1.165, 1.54) is 26.7 Å². The zero-order chi connectivity index (χ0) is 22.3. The number of hydrogen-bond acceptors (Lipinski definition) is 9. The highest BCUT2D eigenvalue weighted by molar-refractivity contribution is 7.85. The number of anilines is 3. The van der Waals surface area contributed by atoms with Crippen LogP contribution < -0.4 is 10.6 Å². The van der Waals surface area contributed by atoms with Crippen molar-refractivity contribution in [2.45, 2.75) is 56.8 Å². The molecule has 2 atom stereocenters. The minimum atomic E-state index is -1.37. The highest BCUT2D eigenvalue weighted by atomic mass is 32.2. The summed E-state index contributed by atoms with van der Waals surface area (Å²) < 4.78 is 23.9. The van der Waals surface area contributed by atoms with Gasteiger partial charge in [0.25, 0.3) is 0 Å². The Bertz CT molecular complexity index is 1070. The standard InChI is InChI=1S/C20H27N5O2S4/c1-10(2)16(15-8-11(3)12(4)29-15)22-19-18(23-30-24-19)21-14-9-28-20(17(14)26)31(27)25(5)13-6-7-13/h8-10,13,16,26H,6-7H2,1-5H3,(H,21,23)(H,22,24)/t16-,31?/m1/s1. The number of hydrogen-bond donors (Lipinski definition) is 3. The van der Waals surface area contributed by atoms with Gasteiger partial charge >= 0.3 is 0 Å². The lowest BCUT2D eigenvalue weighted by Crippen LogP contribution is -2.22. The fourth-order valence-electron chi connectivity index (χ4n) is 3.21. The third-order valence-electron chi connectivity index (χ3n) is 5.41. The lowest BCUT2D eigenvalue weighted by molar-refractivity contribution is 0.463. The van der Waals surface area contributed by atoms with Gasteiger partial charge in [-0.1, -0.05) is 13.8 Å². The maximum atomic E-state index is 12.8. The molecule has 11 heteroatoms. The van der Waals surface area contributed by atoms with Crippen molar-refractivity contribution in [3.8, 4) is 5.75 Å². The van der Waals surface area contributed by atoms with Crippen molar-refractivity contribution < 1.29 is 9.32 Å². The minimum absolute atomic E-state index is 0.0136. The molecule has 0 amide bonds. The van der Waals surface area contributed by atoms with E-state index in [0.29, 0.717) is 33.5 Å². The molecule has 3 heterocycles. The lowest BCUT2D eigenvalue weighted by Gasteiger charge is -2.21. The van der Waals surface area contributed by atoms with Crippen LogP contribution in [0.2, 0.25) is 0 Å². The molecule has 3 aromatic rings. The highest BCUT2D eigenvalue weighted by Gasteiger charge is 2.32. The predicted octanol–water partition coefficient (Wildman–Crippen LogP) is 5.65. The quantitative estimate of drug-likeness (QED) is 0.354. The summed E-state index contributed by atoms with van der Waals surface area (Å²) in [5, 5.41) is 19.2. The van der Waals surface area contributed by atoms with Crippen LogP contribution in [0.4, 0.5) is 17.3 Å². The molecule has 1 saturated carbocycles. The van der Waals surface area contributed by atoms with Crippen LogP contribution in [0.25, 0.3) is 0 Å². The van der Waals surface area contributed by atoms with E-state index in [2.05, 4.69) is 53.1 Å². The average molecular weight is 498 g/mol. The Kier molecular flexibility index (Phi) is 6.68. The zero-order valence-electron chi connectivity index (χ0n) is 18.1. The largest absolute Gasteiger partial charge is 0.504 e. The van der Waals surface area contributed by atoms with Crippen LogP contribution in [-0.4, -0.2) is 35.5 Å². The van der Waals surface area contributed by atoms with E-state index in [0.717, 1.165) is 24.6 Å². The lowest BCUT2D eigenvalue weighted by atomic mass is 10.0. The van der Waals surface area contributed by atoms with Gasteiger partial charge in [0.2, 0.25) is 0 Å². The fourth-order valence-corrected chi connectivity index (χ4v) is 7.42. The summed E-state index contributed by atoms with van der Waals surface area (Å²) in [5.41, 5.74) is 1.79. The van der Waals surface area contributed by atoms with Crippen LogP contribution in [0, 0.1) is 19.8 Å². The van der Waals surface area contributed by atoms with Crippen LogP contribution in [0.3, 0.4) is 0 Å². The number of nitrogens with one attached hydrogen (secondary N) is 2. The Labute approximate surface area is 197 Å². The Morgan fingerprint density at radius 1 is 1.26 bits per heavy atom. The van der Waals surface area contributed by atoms with E-state index in [1.807, 2.05) is 11.4 Å². The molecule has 7 nitrogen and oxygen atoms in total. The second kappa shape index (κ2) is 9.14. The molecular weight excluding hydrogens is 471 g/mol. The molecule has 0 bridgehead atoms. The predicted molar refractivity (Wildman–Crippen MR) is 131 cm³/mol. The van der Waals surface area contributed by atoms with Gasteiger partial charge in [0, 0.05) is 28.2 Å². The Balaban J connectivity index is 1.53. The maximum absolute atomic E-state index is 12.8. The van der Waals surface area contributed by atoms with Gasteiger partial charge in [0.1, 0.15) is 11.0 Å². The normalized spacial score (nSPS) is 16.1. The molecular formula is C20H27N5O2S4. The average Bonchev–Trinajstić information content (AvgIpc) is 3.27. The molecule has 0 aliphatic heterocycles. The van der Waals surface area contributed by atoms with Gasteiger partial charge in [0.15, 0.2) is 21.6 Å². The number of nitrogens with zero attached hydrogens (tertiary/aromatic N) is 3. The van der Waals surface area contributed by atoms with E-state index in [-0.39, 0.29) is 11.8 Å². The second-order valence-electron chi connectivity index (χ2n) is 8.15. The molecule has 3 aromatic heterocycles. The molecule has 0 spiro atoms. The summed E-state index contributed by atoms with van der Waals surface area (Å²) >= 11 is 4.20. The number of aryl methyl sites for hydroxylation is 2. The minimum Gasteiger partial charge on any atom is -0.504 e. The fraction of sp³-hybridized carbons (Fsp3) is 0.500. The van der Waals surface area contributed by atoms with Crippen molar-refractivity contribution in [1.29, 1.82) is 0 Å². The first kappa shape index (κ1) is 22.7. The van der Waals surface area contributed by atoms with Crippen molar-refractivity contribution in [3.05, 3.63) is 26.8 Å². The van der Waals surface area contributed by atoms with E-state index >= 15 is 0 Å². The van der Waals surface area contributed by atoms with Gasteiger partial charge in [-0.05, 0) is 44.2 Å². The number of aromatic nitrogens is 2. The monoisotopic (exact) mass is 497 g/mol. The van der Waals surface area contributed by atoms with E-state index < -0.39 is 11.0 Å². The van der Waals surface area contributed by atoms with Gasteiger partial charge in [-0.3, -0.25) is 0 Å². The molecule has 1 aliphatic carbocycles. The molecule has 31 heavy (non-hydrogen) atoms. The Hall–Kier alpha value is -1.53. The van der Waals surface area contributed by atoms with Crippen LogP contribution in [0.15, 0.2) is 15.7 Å². The third-order valence-corrected chi connectivity index (χ3v) is 9.98. The van der Waals surface area contributed by atoms with Gasteiger partial charge < -0.3 is 15.7 Å². The van der Waals surface area contributed by atoms with Crippen molar-refractivity contribution >= 4 is 62.7 Å². The summed E-state index contributed by atoms with van der Waals surface area (Å²) in [6, 6.07) is 2.68. The smallest absolute Gasteiger partial charge is 0.188 e. The summed E-state index contributed by atoms with van der Waals surface area (Å²) in [5.74, 6) is 1.57. The summed E-state index contributed by atoms with van der Waals surface area (Å²) in [7, 11) is 0.473. The van der Waals surface area contributed by atoms with Gasteiger partial charge in [0.05, 0.1) is 23.5 Å². The summed E-state index contributed by atoms with van der Waals surface area (Å²) in [6.45, 7) is 8.63. The third kappa shape index (κ3) is 4.80. The first-order valence-corrected chi connectivity index (χ1v) is 13.7. The number of rotatable bonds is 9. The molecule has 168 valence electrons. The second-order valence-corrected chi connectivity index (χ2v) is 12.6. The zero-order valence-corrected chi connectivity index (χ0v) is 21.4. The molecule has 1 aliphatic rings. The van der Waals surface area contributed by atoms with Crippen LogP contribution in [0.1, 0.15) is 48.0 Å². The van der Waals surface area contributed by atoms with Crippen molar-refractivity contribution in [1.82, 2.24) is 13.1 Å². The molecule has 1 unspecified atom stereocenters. The van der Waals surface area contributed by atoms with Crippen molar-refractivity contribution in [2.24, 2.45) is 5.92 Å². The molecule has 3 N–H and O–H groups in total. The SMILES string of the molecule is Cc1cc([C@H](Nc2nsnc2Nc2csc(S(=O)N(C)C3CC3)c2O)C(C)C)sc1C. The Morgan fingerprint density at radius 2 is 1.97 bits per heavy atom.